The number of nitrogens with two attached hydrogens (primary N) is 1. The Morgan fingerprint density at radius 2 is 1.74 bits per heavy atom. The van der Waals surface area contributed by atoms with E-state index in [0.29, 0.717) is 12.8 Å². The lowest BCUT2D eigenvalue weighted by Gasteiger charge is -2.28. The van der Waals surface area contributed by atoms with E-state index in [2.05, 4.69) is 4.72 Å². The lowest BCUT2D eigenvalue weighted by molar-refractivity contribution is 0.331. The zero-order valence-electron chi connectivity index (χ0n) is 16.7. The molecule has 3 rings (SSSR count). The van der Waals surface area contributed by atoms with Crippen molar-refractivity contribution in [3.63, 3.8) is 0 Å². The molecule has 0 spiro atoms. The fourth-order valence-corrected chi connectivity index (χ4v) is 6.51. The number of hydrogen-bond donors (Lipinski definition) is 2. The van der Waals surface area contributed by atoms with Crippen LogP contribution in [0.1, 0.15) is 19.8 Å². The normalized spacial score (nSPS) is 16.6. The third-order valence-corrected chi connectivity index (χ3v) is 8.79. The van der Waals surface area contributed by atoms with Crippen molar-refractivity contribution in [2.75, 3.05) is 27.9 Å². The van der Waals surface area contributed by atoms with E-state index in [1.807, 2.05) is 0 Å². The van der Waals surface area contributed by atoms with Crippen molar-refractivity contribution in [2.45, 2.75) is 29.6 Å². The SMILES string of the molecule is CCOc1ccc(N2CCCCS2(=O)=O)cc1S(=O)(=O)Nc1ccc(S(N)(=O)=O)cc1. The number of hydrogen-bond acceptors (Lipinski definition) is 7. The van der Waals surface area contributed by atoms with Gasteiger partial charge in [-0.05, 0) is 62.2 Å². The molecule has 3 N–H and O–H groups in total. The average molecular weight is 490 g/mol. The molecule has 13 heteroatoms. The molecule has 0 saturated carbocycles. The van der Waals surface area contributed by atoms with E-state index < -0.39 is 30.1 Å². The summed E-state index contributed by atoms with van der Waals surface area (Å²) >= 11 is 0. The Bertz CT molecular complexity index is 1270. The van der Waals surface area contributed by atoms with Crippen LogP contribution in [0, 0.1) is 0 Å². The third-order valence-electron chi connectivity index (χ3n) is 4.59. The van der Waals surface area contributed by atoms with E-state index in [-0.39, 0.29) is 45.8 Å². The smallest absolute Gasteiger partial charge is 0.265 e. The van der Waals surface area contributed by atoms with Crippen LogP contribution < -0.4 is 18.9 Å². The predicted molar refractivity (Wildman–Crippen MR) is 117 cm³/mol. The Morgan fingerprint density at radius 1 is 1.06 bits per heavy atom. The van der Waals surface area contributed by atoms with Crippen molar-refractivity contribution in [3.05, 3.63) is 42.5 Å². The number of sulfonamides is 3. The maximum atomic E-state index is 13.1. The third kappa shape index (κ3) is 5.29. The molecule has 0 bridgehead atoms. The highest BCUT2D eigenvalue weighted by atomic mass is 32.2. The number of ether oxygens (including phenoxy) is 1. The van der Waals surface area contributed by atoms with Gasteiger partial charge in [0.2, 0.25) is 20.0 Å². The highest BCUT2D eigenvalue weighted by molar-refractivity contribution is 7.93. The van der Waals surface area contributed by atoms with Gasteiger partial charge in [-0.15, -0.1) is 0 Å². The minimum Gasteiger partial charge on any atom is -0.492 e. The van der Waals surface area contributed by atoms with Gasteiger partial charge in [-0.25, -0.2) is 30.4 Å². The van der Waals surface area contributed by atoms with Crippen LogP contribution >= 0.6 is 0 Å². The molecule has 31 heavy (non-hydrogen) atoms. The standard InChI is InChI=1S/C18H23N3O7S3/c1-2-28-17-10-7-15(21-11-3-4-12-29(21,22)23)13-18(17)31(26,27)20-14-5-8-16(9-6-14)30(19,24)25/h5-10,13,20H,2-4,11-12H2,1H3,(H2,19,24,25). The second kappa shape index (κ2) is 8.65. The fourth-order valence-electron chi connectivity index (χ4n) is 3.14. The number of benzene rings is 2. The molecule has 0 amide bonds. The monoisotopic (exact) mass is 489 g/mol. The van der Waals surface area contributed by atoms with Gasteiger partial charge in [0, 0.05) is 12.2 Å². The number of nitrogens with zero attached hydrogens (tertiary/aromatic N) is 1. The quantitative estimate of drug-likeness (QED) is 0.597. The van der Waals surface area contributed by atoms with Crippen LogP contribution in [0.5, 0.6) is 5.75 Å². The van der Waals surface area contributed by atoms with Gasteiger partial charge >= 0.3 is 0 Å². The lowest BCUT2D eigenvalue weighted by atomic mass is 10.2. The molecule has 170 valence electrons. The highest BCUT2D eigenvalue weighted by Crippen LogP contribution is 2.33. The molecule has 0 radical (unpaired) electrons. The zero-order chi connectivity index (χ0) is 22.9. The van der Waals surface area contributed by atoms with E-state index >= 15 is 0 Å². The van der Waals surface area contributed by atoms with Gasteiger partial charge in [-0.3, -0.25) is 9.03 Å². The molecule has 1 heterocycles. The number of anilines is 2. The maximum absolute atomic E-state index is 13.1. The Hall–Kier alpha value is -2.35. The Kier molecular flexibility index (Phi) is 6.51. The molecule has 2 aromatic carbocycles. The Morgan fingerprint density at radius 3 is 2.32 bits per heavy atom. The van der Waals surface area contributed by atoms with Gasteiger partial charge < -0.3 is 4.74 Å². The van der Waals surface area contributed by atoms with Crippen molar-refractivity contribution in [2.24, 2.45) is 5.14 Å². The molecule has 0 aliphatic carbocycles. The molecule has 1 fully saturated rings. The molecule has 2 aromatic rings. The van der Waals surface area contributed by atoms with Crippen LogP contribution in [-0.2, 0) is 30.1 Å². The summed E-state index contributed by atoms with van der Waals surface area (Å²) in [5, 5.41) is 5.05. The molecule has 1 aliphatic rings. The van der Waals surface area contributed by atoms with E-state index in [9.17, 15) is 25.3 Å². The van der Waals surface area contributed by atoms with E-state index in [4.69, 9.17) is 9.88 Å². The molecule has 10 nitrogen and oxygen atoms in total. The summed E-state index contributed by atoms with van der Waals surface area (Å²) in [5.74, 6) is 0.0611. The van der Waals surface area contributed by atoms with E-state index in [1.165, 1.54) is 46.8 Å². The molecule has 1 aliphatic heterocycles. The number of primary sulfonamides is 1. The van der Waals surface area contributed by atoms with Gasteiger partial charge in [0.05, 0.1) is 22.9 Å². The maximum Gasteiger partial charge on any atom is 0.265 e. The molecule has 0 unspecified atom stereocenters. The van der Waals surface area contributed by atoms with E-state index in [0.717, 1.165) is 0 Å². The van der Waals surface area contributed by atoms with Crippen molar-refractivity contribution < 1.29 is 30.0 Å². The second-order valence-electron chi connectivity index (χ2n) is 6.83. The van der Waals surface area contributed by atoms with Crippen LogP contribution in [0.25, 0.3) is 0 Å². The van der Waals surface area contributed by atoms with Crippen LogP contribution in [-0.4, -0.2) is 44.2 Å². The number of rotatable bonds is 7. The summed E-state index contributed by atoms with van der Waals surface area (Å²) in [6.07, 6.45) is 1.22. The van der Waals surface area contributed by atoms with Crippen LogP contribution in [0.4, 0.5) is 11.4 Å². The first-order valence-electron chi connectivity index (χ1n) is 9.37. The predicted octanol–water partition coefficient (Wildman–Crippen LogP) is 1.46. The fraction of sp³-hybridized carbons (Fsp3) is 0.333. The van der Waals surface area contributed by atoms with Crippen LogP contribution in [0.3, 0.4) is 0 Å². The summed E-state index contributed by atoms with van der Waals surface area (Å²) in [7, 11) is -11.6. The summed E-state index contributed by atoms with van der Waals surface area (Å²) in [4.78, 5) is -0.397. The zero-order valence-corrected chi connectivity index (χ0v) is 19.1. The van der Waals surface area contributed by atoms with Crippen molar-refractivity contribution >= 4 is 41.4 Å². The van der Waals surface area contributed by atoms with Gasteiger partial charge in [0.1, 0.15) is 10.6 Å². The van der Waals surface area contributed by atoms with Crippen molar-refractivity contribution in [1.82, 2.24) is 0 Å². The topological polar surface area (TPSA) is 153 Å². The van der Waals surface area contributed by atoms with Crippen molar-refractivity contribution in [1.29, 1.82) is 0 Å². The molecule has 1 saturated heterocycles. The van der Waals surface area contributed by atoms with Crippen LogP contribution in [0.15, 0.2) is 52.3 Å². The summed E-state index contributed by atoms with van der Waals surface area (Å²) < 4.78 is 82.7. The molecule has 0 atom stereocenters. The van der Waals surface area contributed by atoms with Gasteiger partial charge in [0.25, 0.3) is 10.0 Å². The lowest BCUT2D eigenvalue weighted by Crippen LogP contribution is -2.37. The minimum atomic E-state index is -4.19. The number of nitrogens with one attached hydrogen (secondary N) is 1. The first-order chi connectivity index (χ1) is 14.4. The second-order valence-corrected chi connectivity index (χ2v) is 12.1. The highest BCUT2D eigenvalue weighted by Gasteiger charge is 2.29. The summed E-state index contributed by atoms with van der Waals surface area (Å²) in [6.45, 7) is 2.16. The summed E-state index contributed by atoms with van der Waals surface area (Å²) in [5.41, 5.74) is 0.332. The average Bonchev–Trinajstić information content (AvgIpc) is 2.68. The van der Waals surface area contributed by atoms with Gasteiger partial charge in [-0.1, -0.05) is 0 Å². The molecular weight excluding hydrogens is 466 g/mol. The Labute approximate surface area is 182 Å². The Balaban J connectivity index is 2.00. The summed E-state index contributed by atoms with van der Waals surface area (Å²) in [6, 6.07) is 9.05. The van der Waals surface area contributed by atoms with Gasteiger partial charge in [0.15, 0.2) is 0 Å². The minimum absolute atomic E-state index is 0.00303. The van der Waals surface area contributed by atoms with E-state index in [1.54, 1.807) is 6.92 Å². The first-order valence-corrected chi connectivity index (χ1v) is 14.0. The first kappa shape index (κ1) is 23.3. The van der Waals surface area contributed by atoms with Gasteiger partial charge in [-0.2, -0.15) is 0 Å². The van der Waals surface area contributed by atoms with Crippen molar-refractivity contribution in [3.8, 4) is 5.75 Å². The largest absolute Gasteiger partial charge is 0.492 e. The molecular formula is C18H23N3O7S3. The molecule has 0 aromatic heterocycles. The van der Waals surface area contributed by atoms with Crippen LogP contribution in [0.2, 0.25) is 0 Å².